The average Bonchev–Trinajstić information content (AvgIpc) is 2.74. The number of amides is 1. The first-order valence-electron chi connectivity index (χ1n) is 9.84. The molecule has 3 aromatic carbocycles. The van der Waals surface area contributed by atoms with Gasteiger partial charge in [0.15, 0.2) is 12.1 Å². The number of nitrogens with one attached hydrogen (secondary N) is 2. The number of quaternary nitrogens is 2. The second-order valence-electron chi connectivity index (χ2n) is 7.40. The first-order chi connectivity index (χ1) is 14.0. The van der Waals surface area contributed by atoms with Gasteiger partial charge in [-0.3, -0.25) is 4.79 Å². The van der Waals surface area contributed by atoms with Crippen LogP contribution >= 0.6 is 0 Å². The largest absolute Gasteiger partial charge is 0.329 e. The van der Waals surface area contributed by atoms with Crippen LogP contribution in [-0.2, 0) is 4.79 Å². The molecule has 150 valence electrons. The maximum absolute atomic E-state index is 13.2. The fourth-order valence-electron chi connectivity index (χ4n) is 3.47. The van der Waals surface area contributed by atoms with Gasteiger partial charge in [-0.05, 0) is 24.3 Å². The Balaban J connectivity index is 1.78. The number of carbonyl (C=O) groups excluding carboxylic acids is 1. The molecule has 0 radical (unpaired) electrons. The Hall–Kier alpha value is -3.02. The summed E-state index contributed by atoms with van der Waals surface area (Å²) in [6.07, 6.45) is 0. The van der Waals surface area contributed by atoms with Gasteiger partial charge < -0.3 is 15.5 Å². The van der Waals surface area contributed by atoms with Crippen molar-refractivity contribution in [1.82, 2.24) is 0 Å². The summed E-state index contributed by atoms with van der Waals surface area (Å²) in [5.41, 5.74) is 2.77. The minimum absolute atomic E-state index is 0.122. The first kappa shape index (κ1) is 20.7. The normalized spacial score (nSPS) is 13.1. The monoisotopic (exact) mass is 393 g/mol. The van der Waals surface area contributed by atoms with E-state index in [4.69, 9.17) is 0 Å². The van der Waals surface area contributed by atoms with Crippen LogP contribution in [0.4, 0.5) is 10.1 Å². The van der Waals surface area contributed by atoms with Gasteiger partial charge in [0.2, 0.25) is 0 Å². The zero-order chi connectivity index (χ0) is 20.6. The van der Waals surface area contributed by atoms with Crippen LogP contribution in [0.25, 0.3) is 0 Å². The van der Waals surface area contributed by atoms with E-state index in [-0.39, 0.29) is 17.8 Å². The lowest BCUT2D eigenvalue weighted by Gasteiger charge is -2.23. The summed E-state index contributed by atoms with van der Waals surface area (Å²) in [6, 6.07) is 25.8. The Morgan fingerprint density at radius 3 is 2.00 bits per heavy atom. The van der Waals surface area contributed by atoms with Gasteiger partial charge in [0.05, 0.1) is 14.1 Å². The molecule has 3 aromatic rings. The molecule has 0 saturated heterocycles. The fourth-order valence-corrected chi connectivity index (χ4v) is 3.47. The van der Waals surface area contributed by atoms with Gasteiger partial charge >= 0.3 is 0 Å². The summed E-state index contributed by atoms with van der Waals surface area (Å²) in [5.74, 6) is -0.447. The zero-order valence-corrected chi connectivity index (χ0v) is 16.8. The van der Waals surface area contributed by atoms with E-state index in [1.54, 1.807) is 12.1 Å². The highest BCUT2D eigenvalue weighted by molar-refractivity contribution is 5.94. The number of likely N-dealkylation sites (N-methyl/N-ethyl adjacent to an activating group) is 1. The number of halogens is 1. The standard InChI is InChI=1S/C24H26FN3O/c1-28(2)22(18-9-5-3-6-10-18)17-26-23(19-11-7-4-8-12-19)24(29)27-21-15-13-20(25)14-16-21/h3-16,22-23,26H,17H2,1-2H3,(H,27,29)/p+2/t22-,23+/m1/s1. The number of benzene rings is 3. The summed E-state index contributed by atoms with van der Waals surface area (Å²) in [4.78, 5) is 14.4. The van der Waals surface area contributed by atoms with Crippen LogP contribution < -0.4 is 15.5 Å². The summed E-state index contributed by atoms with van der Waals surface area (Å²) >= 11 is 0. The molecule has 3 rings (SSSR count). The van der Waals surface area contributed by atoms with Gasteiger partial charge in [0.25, 0.3) is 5.91 Å². The SMILES string of the molecule is C[NH+](C)[C@H](C[NH2+][C@H](C(=O)Nc1ccc(F)cc1)c1ccccc1)c1ccccc1. The van der Waals surface area contributed by atoms with E-state index in [0.29, 0.717) is 5.69 Å². The number of carbonyl (C=O) groups is 1. The number of hydrogen-bond donors (Lipinski definition) is 3. The van der Waals surface area contributed by atoms with E-state index in [1.807, 2.05) is 48.5 Å². The third-order valence-corrected chi connectivity index (χ3v) is 5.06. The molecule has 0 fully saturated rings. The molecule has 0 unspecified atom stereocenters. The smallest absolute Gasteiger partial charge is 0.287 e. The highest BCUT2D eigenvalue weighted by Crippen LogP contribution is 2.14. The molecule has 0 heterocycles. The second kappa shape index (κ2) is 9.96. The molecule has 0 aliphatic heterocycles. The first-order valence-corrected chi connectivity index (χ1v) is 9.84. The predicted octanol–water partition coefficient (Wildman–Crippen LogP) is 1.95. The van der Waals surface area contributed by atoms with Crippen LogP contribution in [0.2, 0.25) is 0 Å². The van der Waals surface area contributed by atoms with Gasteiger partial charge in [-0.2, -0.15) is 0 Å². The molecule has 0 aliphatic rings. The van der Waals surface area contributed by atoms with Crippen LogP contribution in [0.15, 0.2) is 84.9 Å². The Kier molecular flexibility index (Phi) is 7.11. The minimum Gasteiger partial charge on any atom is -0.329 e. The van der Waals surface area contributed by atoms with Crippen LogP contribution in [-0.4, -0.2) is 26.5 Å². The summed E-state index contributed by atoms with van der Waals surface area (Å²) < 4.78 is 13.2. The van der Waals surface area contributed by atoms with E-state index in [9.17, 15) is 9.18 Å². The van der Waals surface area contributed by atoms with Crippen LogP contribution in [0.1, 0.15) is 23.2 Å². The molecule has 0 aromatic heterocycles. The highest BCUT2D eigenvalue weighted by Gasteiger charge is 2.28. The molecule has 0 aliphatic carbocycles. The average molecular weight is 394 g/mol. The van der Waals surface area contributed by atoms with Crippen molar-refractivity contribution < 1.29 is 19.4 Å². The molecular weight excluding hydrogens is 365 g/mol. The van der Waals surface area contributed by atoms with Crippen molar-refractivity contribution in [3.05, 3.63) is 102 Å². The maximum atomic E-state index is 13.2. The number of hydrogen-bond acceptors (Lipinski definition) is 1. The molecule has 0 spiro atoms. The molecule has 4 N–H and O–H groups in total. The van der Waals surface area contributed by atoms with E-state index in [0.717, 1.165) is 12.1 Å². The van der Waals surface area contributed by atoms with E-state index < -0.39 is 6.04 Å². The maximum Gasteiger partial charge on any atom is 0.287 e. The molecule has 1 amide bonds. The van der Waals surface area contributed by atoms with Gasteiger partial charge in [0, 0.05) is 16.8 Å². The van der Waals surface area contributed by atoms with Gasteiger partial charge in [-0.25, -0.2) is 4.39 Å². The Labute approximate surface area is 171 Å². The van der Waals surface area contributed by atoms with Crippen molar-refractivity contribution >= 4 is 11.6 Å². The third-order valence-electron chi connectivity index (χ3n) is 5.06. The Bertz CT molecular complexity index is 898. The highest BCUT2D eigenvalue weighted by atomic mass is 19.1. The van der Waals surface area contributed by atoms with E-state index >= 15 is 0 Å². The Morgan fingerprint density at radius 1 is 0.897 bits per heavy atom. The van der Waals surface area contributed by atoms with Gasteiger partial charge in [-0.1, -0.05) is 60.7 Å². The zero-order valence-electron chi connectivity index (χ0n) is 16.8. The van der Waals surface area contributed by atoms with Gasteiger partial charge in [-0.15, -0.1) is 0 Å². The minimum atomic E-state index is -0.396. The molecule has 4 nitrogen and oxygen atoms in total. The lowest BCUT2D eigenvalue weighted by atomic mass is 10.0. The van der Waals surface area contributed by atoms with Crippen molar-refractivity contribution in [3.63, 3.8) is 0 Å². The topological polar surface area (TPSA) is 50.2 Å². The number of anilines is 1. The molecular formula is C24H28FN3O+2. The quantitative estimate of drug-likeness (QED) is 0.538. The van der Waals surface area contributed by atoms with Crippen molar-refractivity contribution in [1.29, 1.82) is 0 Å². The van der Waals surface area contributed by atoms with E-state index in [2.05, 4.69) is 36.9 Å². The van der Waals surface area contributed by atoms with Crippen LogP contribution in [0.5, 0.6) is 0 Å². The summed E-state index contributed by atoms with van der Waals surface area (Å²) in [6.45, 7) is 0.753. The van der Waals surface area contributed by atoms with Crippen molar-refractivity contribution in [2.45, 2.75) is 12.1 Å². The number of rotatable bonds is 8. The molecule has 5 heteroatoms. The number of nitrogens with two attached hydrogens (primary N) is 1. The van der Waals surface area contributed by atoms with Crippen LogP contribution in [0, 0.1) is 5.82 Å². The van der Waals surface area contributed by atoms with Crippen molar-refractivity contribution in [2.24, 2.45) is 0 Å². The predicted molar refractivity (Wildman–Crippen MR) is 113 cm³/mol. The van der Waals surface area contributed by atoms with Crippen molar-refractivity contribution in [2.75, 3.05) is 26.0 Å². The lowest BCUT2D eigenvalue weighted by molar-refractivity contribution is -0.911. The summed E-state index contributed by atoms with van der Waals surface area (Å²) in [5, 5.41) is 5.00. The third kappa shape index (κ3) is 5.73. The molecule has 2 atom stereocenters. The fraction of sp³-hybridized carbons (Fsp3) is 0.208. The molecule has 29 heavy (non-hydrogen) atoms. The van der Waals surface area contributed by atoms with Crippen molar-refractivity contribution in [3.8, 4) is 0 Å². The van der Waals surface area contributed by atoms with Gasteiger partial charge in [0.1, 0.15) is 12.4 Å². The summed E-state index contributed by atoms with van der Waals surface area (Å²) in [7, 11) is 4.25. The van der Waals surface area contributed by atoms with Crippen LogP contribution in [0.3, 0.4) is 0 Å². The Morgan fingerprint density at radius 2 is 1.45 bits per heavy atom. The lowest BCUT2D eigenvalue weighted by Crippen LogP contribution is -3.10. The van der Waals surface area contributed by atoms with E-state index in [1.165, 1.54) is 22.6 Å². The second-order valence-corrected chi connectivity index (χ2v) is 7.40. The molecule has 0 bridgehead atoms. The molecule has 0 saturated carbocycles.